The first-order valence-corrected chi connectivity index (χ1v) is 7.56. The number of rotatable bonds is 4. The molecule has 0 spiro atoms. The van der Waals surface area contributed by atoms with Crippen LogP contribution < -0.4 is 11.1 Å². The molecule has 3 aromatic rings. The number of carbonyl (C=O) groups is 1. The zero-order valence-electron chi connectivity index (χ0n) is 11.6. The molecule has 0 aliphatic heterocycles. The van der Waals surface area contributed by atoms with E-state index in [-0.39, 0.29) is 18.9 Å². The molecule has 0 fully saturated rings. The first-order valence-electron chi connectivity index (χ1n) is 6.77. The van der Waals surface area contributed by atoms with Crippen molar-refractivity contribution in [3.63, 3.8) is 0 Å². The topological polar surface area (TPSA) is 64.2 Å². The van der Waals surface area contributed by atoms with Gasteiger partial charge in [0.05, 0.1) is 5.52 Å². The minimum atomic E-state index is -0.458. The quantitative estimate of drug-likeness (QED) is 0.775. The van der Waals surface area contributed by atoms with Crippen LogP contribution in [0.25, 0.3) is 11.1 Å². The summed E-state index contributed by atoms with van der Waals surface area (Å²) in [5, 5.41) is 2.79. The number of hydrogen-bond acceptors (Lipinski definition) is 3. The highest BCUT2D eigenvalue weighted by molar-refractivity contribution is 9.10. The Bertz CT molecular complexity index is 868. The van der Waals surface area contributed by atoms with Crippen LogP contribution in [-0.2, 0) is 11.3 Å². The summed E-state index contributed by atoms with van der Waals surface area (Å²) < 4.78 is 7.48. The first kappa shape index (κ1) is 14.6. The average molecular weight is 361 g/mol. The lowest BCUT2D eigenvalue weighted by atomic mass is 10.3. The Balaban J connectivity index is 1.73. The summed E-state index contributed by atoms with van der Waals surface area (Å²) in [4.78, 5) is 23.8. The van der Waals surface area contributed by atoms with E-state index in [0.717, 1.165) is 10.2 Å². The van der Waals surface area contributed by atoms with Crippen LogP contribution in [-0.4, -0.2) is 10.5 Å². The molecule has 0 bridgehead atoms. The van der Waals surface area contributed by atoms with Gasteiger partial charge in [-0.3, -0.25) is 9.36 Å². The Hall–Kier alpha value is -2.34. The molecule has 0 radical (unpaired) electrons. The van der Waals surface area contributed by atoms with Gasteiger partial charge < -0.3 is 9.73 Å². The SMILES string of the molecule is O=C(CCn1c(=O)oc2cc(Br)ccc21)Nc1ccccc1. The highest BCUT2D eigenvalue weighted by Gasteiger charge is 2.11. The number of nitrogens with one attached hydrogen (secondary N) is 1. The van der Waals surface area contributed by atoms with E-state index >= 15 is 0 Å². The molecule has 6 heteroatoms. The van der Waals surface area contributed by atoms with E-state index in [1.54, 1.807) is 12.1 Å². The van der Waals surface area contributed by atoms with Gasteiger partial charge in [0, 0.05) is 23.1 Å². The zero-order chi connectivity index (χ0) is 15.5. The minimum Gasteiger partial charge on any atom is -0.408 e. The van der Waals surface area contributed by atoms with Crippen LogP contribution in [0.1, 0.15) is 6.42 Å². The number of benzene rings is 2. The summed E-state index contributed by atoms with van der Waals surface area (Å²) in [5.74, 6) is -0.606. The molecule has 0 atom stereocenters. The van der Waals surface area contributed by atoms with Crippen molar-refractivity contribution in [2.45, 2.75) is 13.0 Å². The van der Waals surface area contributed by atoms with Crippen LogP contribution in [0.5, 0.6) is 0 Å². The van der Waals surface area contributed by atoms with Crippen LogP contribution in [0, 0.1) is 0 Å². The van der Waals surface area contributed by atoms with Crippen molar-refractivity contribution in [1.29, 1.82) is 0 Å². The van der Waals surface area contributed by atoms with E-state index in [2.05, 4.69) is 21.2 Å². The smallest absolute Gasteiger partial charge is 0.408 e. The van der Waals surface area contributed by atoms with E-state index in [1.165, 1.54) is 4.57 Å². The van der Waals surface area contributed by atoms with Gasteiger partial charge in [-0.2, -0.15) is 0 Å². The fourth-order valence-corrected chi connectivity index (χ4v) is 2.55. The van der Waals surface area contributed by atoms with Crippen molar-refractivity contribution in [2.75, 3.05) is 5.32 Å². The number of hydrogen-bond donors (Lipinski definition) is 1. The normalized spacial score (nSPS) is 10.8. The van der Waals surface area contributed by atoms with Crippen molar-refractivity contribution in [3.8, 4) is 0 Å². The summed E-state index contributed by atoms with van der Waals surface area (Å²) in [6, 6.07) is 14.6. The summed E-state index contributed by atoms with van der Waals surface area (Å²) in [5.41, 5.74) is 1.92. The lowest BCUT2D eigenvalue weighted by Crippen LogP contribution is -2.19. The predicted octanol–water partition coefficient (Wildman–Crippen LogP) is 3.39. The maximum absolute atomic E-state index is 11.9. The molecule has 0 saturated heterocycles. The Morgan fingerprint density at radius 3 is 2.73 bits per heavy atom. The summed E-state index contributed by atoms with van der Waals surface area (Å²) in [7, 11) is 0. The number of para-hydroxylation sites is 1. The molecule has 1 amide bonds. The minimum absolute atomic E-state index is 0.149. The molecular formula is C16H13BrN2O3. The largest absolute Gasteiger partial charge is 0.419 e. The molecule has 1 N–H and O–H groups in total. The van der Waals surface area contributed by atoms with Crippen molar-refractivity contribution >= 4 is 38.6 Å². The standard InChI is InChI=1S/C16H13BrN2O3/c17-11-6-7-13-14(10-11)22-16(21)19(13)9-8-15(20)18-12-4-2-1-3-5-12/h1-7,10H,8-9H2,(H,18,20). The third-order valence-electron chi connectivity index (χ3n) is 3.25. The lowest BCUT2D eigenvalue weighted by molar-refractivity contribution is -0.116. The van der Waals surface area contributed by atoms with Crippen molar-refractivity contribution in [1.82, 2.24) is 4.57 Å². The van der Waals surface area contributed by atoms with Crippen LogP contribution >= 0.6 is 15.9 Å². The van der Waals surface area contributed by atoms with Crippen LogP contribution in [0.3, 0.4) is 0 Å². The Morgan fingerprint density at radius 1 is 1.18 bits per heavy atom. The summed E-state index contributed by atoms with van der Waals surface area (Å²) in [6.07, 6.45) is 0.194. The fourth-order valence-electron chi connectivity index (χ4n) is 2.21. The number of oxazole rings is 1. The predicted molar refractivity (Wildman–Crippen MR) is 87.9 cm³/mol. The van der Waals surface area contributed by atoms with E-state index < -0.39 is 5.76 Å². The second-order valence-corrected chi connectivity index (χ2v) is 5.71. The number of aryl methyl sites for hydroxylation is 1. The molecule has 1 aromatic heterocycles. The van der Waals surface area contributed by atoms with E-state index in [1.807, 2.05) is 36.4 Å². The van der Waals surface area contributed by atoms with Gasteiger partial charge in [0.2, 0.25) is 5.91 Å². The second-order valence-electron chi connectivity index (χ2n) is 4.80. The first-order chi connectivity index (χ1) is 10.6. The van der Waals surface area contributed by atoms with Crippen LogP contribution in [0.4, 0.5) is 5.69 Å². The number of halogens is 1. The van der Waals surface area contributed by atoms with Gasteiger partial charge in [-0.1, -0.05) is 34.1 Å². The average Bonchev–Trinajstić information content (AvgIpc) is 2.80. The Morgan fingerprint density at radius 2 is 1.95 bits per heavy atom. The number of fused-ring (bicyclic) bond motifs is 1. The molecular weight excluding hydrogens is 348 g/mol. The van der Waals surface area contributed by atoms with Gasteiger partial charge in [0.15, 0.2) is 5.58 Å². The molecule has 0 unspecified atom stereocenters. The van der Waals surface area contributed by atoms with E-state index in [4.69, 9.17) is 4.42 Å². The monoisotopic (exact) mass is 360 g/mol. The van der Waals surface area contributed by atoms with Gasteiger partial charge in [-0.25, -0.2) is 4.79 Å². The Labute approximate surface area is 134 Å². The van der Waals surface area contributed by atoms with Crippen molar-refractivity contribution in [3.05, 3.63) is 63.6 Å². The van der Waals surface area contributed by atoms with Gasteiger partial charge in [-0.15, -0.1) is 0 Å². The van der Waals surface area contributed by atoms with Crippen molar-refractivity contribution in [2.24, 2.45) is 0 Å². The third-order valence-corrected chi connectivity index (χ3v) is 3.74. The number of amides is 1. The molecule has 0 aliphatic carbocycles. The molecule has 3 rings (SSSR count). The number of anilines is 1. The van der Waals surface area contributed by atoms with Gasteiger partial charge >= 0.3 is 5.76 Å². The van der Waals surface area contributed by atoms with Crippen LogP contribution in [0.2, 0.25) is 0 Å². The molecule has 5 nitrogen and oxygen atoms in total. The van der Waals surface area contributed by atoms with Crippen molar-refractivity contribution < 1.29 is 9.21 Å². The highest BCUT2D eigenvalue weighted by atomic mass is 79.9. The molecule has 2 aromatic carbocycles. The summed E-state index contributed by atoms with van der Waals surface area (Å²) >= 11 is 3.33. The second kappa shape index (κ2) is 6.19. The number of aromatic nitrogens is 1. The van der Waals surface area contributed by atoms with Crippen LogP contribution in [0.15, 0.2) is 62.2 Å². The zero-order valence-corrected chi connectivity index (χ0v) is 13.2. The van der Waals surface area contributed by atoms with Gasteiger partial charge in [-0.05, 0) is 30.3 Å². The number of carbonyl (C=O) groups excluding carboxylic acids is 1. The number of nitrogens with zero attached hydrogens (tertiary/aromatic N) is 1. The van der Waals surface area contributed by atoms with E-state index in [9.17, 15) is 9.59 Å². The van der Waals surface area contributed by atoms with Gasteiger partial charge in [0.1, 0.15) is 0 Å². The summed E-state index contributed by atoms with van der Waals surface area (Å²) in [6.45, 7) is 0.270. The maximum atomic E-state index is 11.9. The third kappa shape index (κ3) is 3.12. The molecule has 112 valence electrons. The fraction of sp³-hybridized carbons (Fsp3) is 0.125. The van der Waals surface area contributed by atoms with Gasteiger partial charge in [0.25, 0.3) is 0 Å². The maximum Gasteiger partial charge on any atom is 0.419 e. The molecule has 22 heavy (non-hydrogen) atoms. The lowest BCUT2D eigenvalue weighted by Gasteiger charge is -2.05. The molecule has 0 aliphatic rings. The highest BCUT2D eigenvalue weighted by Crippen LogP contribution is 2.19. The Kier molecular flexibility index (Phi) is 4.11. The molecule has 0 saturated carbocycles. The molecule has 1 heterocycles. The van der Waals surface area contributed by atoms with E-state index in [0.29, 0.717) is 11.1 Å².